The van der Waals surface area contributed by atoms with E-state index in [-0.39, 0.29) is 22.6 Å². The number of carboxylic acids is 1. The zero-order chi connectivity index (χ0) is 29.5. The number of benzene rings is 2. The second-order valence-corrected chi connectivity index (χ2v) is 12.3. The van der Waals surface area contributed by atoms with Gasteiger partial charge in [-0.15, -0.1) is 11.3 Å². The van der Waals surface area contributed by atoms with Crippen LogP contribution < -0.4 is 5.14 Å². The molecule has 1 atom stereocenters. The summed E-state index contributed by atoms with van der Waals surface area (Å²) in [6, 6.07) is 8.67. The molecule has 0 saturated heterocycles. The summed E-state index contributed by atoms with van der Waals surface area (Å²) in [4.78, 5) is 15.7. The maximum atomic E-state index is 14.7. The smallest absolute Gasteiger partial charge is 0.355 e. The molecule has 2 aromatic heterocycles. The van der Waals surface area contributed by atoms with Crippen LogP contribution >= 0.6 is 11.3 Å². The Bertz CT molecular complexity index is 1740. The van der Waals surface area contributed by atoms with Gasteiger partial charge in [-0.1, -0.05) is 17.9 Å². The molecule has 2 heterocycles. The van der Waals surface area contributed by atoms with Gasteiger partial charge in [0.05, 0.1) is 21.8 Å². The molecule has 0 bridgehead atoms. The number of nitrogens with zero attached hydrogens (tertiary/aromatic N) is 3. The molecule has 4 N–H and O–H groups in total. The Labute approximate surface area is 241 Å². The van der Waals surface area contributed by atoms with Crippen molar-refractivity contribution in [2.75, 3.05) is 0 Å². The summed E-state index contributed by atoms with van der Waals surface area (Å²) >= 11 is 1.13. The Morgan fingerprint density at radius 2 is 1.98 bits per heavy atom. The van der Waals surface area contributed by atoms with Crippen molar-refractivity contribution in [3.8, 4) is 28.2 Å². The number of carbonyl (C=O) groups is 1. The minimum absolute atomic E-state index is 0.0668. The molecule has 0 spiro atoms. The van der Waals surface area contributed by atoms with Crippen LogP contribution in [-0.2, 0) is 23.8 Å². The highest BCUT2D eigenvalue weighted by Crippen LogP contribution is 2.38. The summed E-state index contributed by atoms with van der Waals surface area (Å²) < 4.78 is 42.7. The van der Waals surface area contributed by atoms with E-state index in [1.807, 2.05) is 0 Å². The molecule has 2 aromatic carbocycles. The van der Waals surface area contributed by atoms with Crippen LogP contribution in [0.25, 0.3) is 16.4 Å². The predicted molar refractivity (Wildman–Crippen MR) is 151 cm³/mol. The van der Waals surface area contributed by atoms with E-state index in [4.69, 9.17) is 10.2 Å². The summed E-state index contributed by atoms with van der Waals surface area (Å²) in [5.74, 6) is 3.29. The van der Waals surface area contributed by atoms with E-state index in [2.05, 4.69) is 16.8 Å². The summed E-state index contributed by atoms with van der Waals surface area (Å²) in [5.41, 5.74) is 1.73. The van der Waals surface area contributed by atoms with Crippen molar-refractivity contribution in [3.63, 3.8) is 0 Å². The first-order chi connectivity index (χ1) is 19.4. The number of hydrogen-bond donors (Lipinski definition) is 3. The van der Waals surface area contributed by atoms with Crippen LogP contribution in [-0.4, -0.2) is 40.8 Å². The summed E-state index contributed by atoms with van der Waals surface area (Å²) in [6.45, 7) is 2.99. The maximum absolute atomic E-state index is 14.7. The Hall–Kier alpha value is -3.76. The standard InChI is InChI=1S/C29H26F2N4O4S2/c1-29(2,38)10-9-18-14-19(6-7-21(18)30)26-20(11-17-5-8-25(41(32)39)22(31)12-17)24(13-16-3-4-16)35(34-26)28-33-23(15-40-28)27(36)37/h5-8,12,14-16,38H,3-4,11,13,32H2,1-2H3,(H,36,37). The van der Waals surface area contributed by atoms with Crippen molar-refractivity contribution in [2.24, 2.45) is 11.1 Å². The Balaban J connectivity index is 1.70. The van der Waals surface area contributed by atoms with Crippen molar-refractivity contribution in [1.29, 1.82) is 0 Å². The zero-order valence-corrected chi connectivity index (χ0v) is 23.8. The van der Waals surface area contributed by atoms with E-state index in [9.17, 15) is 28.0 Å². The number of rotatable bonds is 8. The van der Waals surface area contributed by atoms with E-state index in [0.29, 0.717) is 34.3 Å². The van der Waals surface area contributed by atoms with Gasteiger partial charge in [0.15, 0.2) is 5.69 Å². The molecule has 5 rings (SSSR count). The van der Waals surface area contributed by atoms with Gasteiger partial charge in [0, 0.05) is 22.9 Å². The largest absolute Gasteiger partial charge is 0.476 e. The lowest BCUT2D eigenvalue weighted by atomic mass is 9.96. The van der Waals surface area contributed by atoms with Gasteiger partial charge in [-0.2, -0.15) is 5.10 Å². The van der Waals surface area contributed by atoms with Crippen LogP contribution in [0.3, 0.4) is 0 Å². The first kappa shape index (κ1) is 28.8. The fourth-order valence-electron chi connectivity index (χ4n) is 4.34. The number of aromatic nitrogens is 3. The minimum atomic E-state index is -1.98. The van der Waals surface area contributed by atoms with Gasteiger partial charge in [-0.3, -0.25) is 0 Å². The molecule has 4 aromatic rings. The Morgan fingerprint density at radius 1 is 1.22 bits per heavy atom. The predicted octanol–water partition coefficient (Wildman–Crippen LogP) is 4.62. The van der Waals surface area contributed by atoms with Gasteiger partial charge in [0.1, 0.15) is 28.2 Å². The van der Waals surface area contributed by atoms with Crippen LogP contribution in [0.4, 0.5) is 8.78 Å². The SMILES string of the molecule is CC(C)(O)C#Cc1cc(-c2nn(-c3nc(C(=O)O)cs3)c(CC3CC3)c2Cc2ccc(S(N)=O)c(F)c2)ccc1F. The maximum Gasteiger partial charge on any atom is 0.355 e. The van der Waals surface area contributed by atoms with Gasteiger partial charge in [0.25, 0.3) is 0 Å². The summed E-state index contributed by atoms with van der Waals surface area (Å²) in [7, 11) is -1.98. The molecule has 0 aliphatic heterocycles. The topological polar surface area (TPSA) is 131 Å². The second kappa shape index (κ2) is 11.3. The molecule has 12 heteroatoms. The zero-order valence-electron chi connectivity index (χ0n) is 22.1. The average molecular weight is 597 g/mol. The molecule has 1 unspecified atom stereocenters. The number of halogens is 2. The number of nitrogens with two attached hydrogens (primary N) is 1. The molecule has 0 amide bonds. The van der Waals surface area contributed by atoms with Crippen LogP contribution in [0.1, 0.15) is 59.6 Å². The minimum Gasteiger partial charge on any atom is -0.476 e. The Kier molecular flexibility index (Phi) is 7.89. The molecule has 1 aliphatic carbocycles. The molecule has 1 saturated carbocycles. The van der Waals surface area contributed by atoms with Crippen molar-refractivity contribution in [1.82, 2.24) is 14.8 Å². The highest BCUT2D eigenvalue weighted by Gasteiger charge is 2.29. The first-order valence-electron chi connectivity index (χ1n) is 12.7. The third kappa shape index (κ3) is 6.60. The van der Waals surface area contributed by atoms with Gasteiger partial charge >= 0.3 is 5.97 Å². The van der Waals surface area contributed by atoms with Crippen molar-refractivity contribution in [2.45, 2.75) is 50.0 Å². The van der Waals surface area contributed by atoms with Gasteiger partial charge in [0.2, 0.25) is 5.13 Å². The van der Waals surface area contributed by atoms with Gasteiger partial charge in [-0.05, 0) is 74.9 Å². The summed E-state index contributed by atoms with van der Waals surface area (Å²) in [5, 5.41) is 31.5. The van der Waals surface area contributed by atoms with E-state index in [1.165, 1.54) is 43.5 Å². The molecule has 212 valence electrons. The van der Waals surface area contributed by atoms with E-state index in [1.54, 1.807) is 16.8 Å². The second-order valence-electron chi connectivity index (χ2n) is 10.4. The fourth-order valence-corrected chi connectivity index (χ4v) is 5.56. The number of aromatic carboxylic acids is 1. The average Bonchev–Trinajstić information content (AvgIpc) is 3.45. The highest BCUT2D eigenvalue weighted by molar-refractivity contribution is 7.82. The molecule has 1 fully saturated rings. The number of thiazole rings is 1. The fraction of sp³-hybridized carbons (Fsp3) is 0.276. The van der Waals surface area contributed by atoms with Crippen LogP contribution in [0, 0.1) is 29.4 Å². The first-order valence-corrected chi connectivity index (χ1v) is 14.8. The van der Waals surface area contributed by atoms with Crippen molar-refractivity contribution in [3.05, 3.63) is 81.5 Å². The van der Waals surface area contributed by atoms with E-state index < -0.39 is 34.2 Å². The third-order valence-electron chi connectivity index (χ3n) is 6.50. The third-order valence-corrected chi connectivity index (χ3v) is 8.08. The molecular weight excluding hydrogens is 570 g/mol. The molecule has 1 aliphatic rings. The van der Waals surface area contributed by atoms with Crippen LogP contribution in [0.2, 0.25) is 0 Å². The molecule has 41 heavy (non-hydrogen) atoms. The lowest BCUT2D eigenvalue weighted by Crippen LogP contribution is -2.14. The van der Waals surface area contributed by atoms with E-state index in [0.717, 1.165) is 35.4 Å². The van der Waals surface area contributed by atoms with Crippen LogP contribution in [0.5, 0.6) is 0 Å². The van der Waals surface area contributed by atoms with Gasteiger partial charge in [-0.25, -0.2) is 32.6 Å². The monoisotopic (exact) mass is 596 g/mol. The summed E-state index contributed by atoms with van der Waals surface area (Å²) in [6.07, 6.45) is 2.91. The lowest BCUT2D eigenvalue weighted by Gasteiger charge is -2.10. The quantitative estimate of drug-likeness (QED) is 0.255. The number of aliphatic hydroxyl groups is 1. The van der Waals surface area contributed by atoms with Crippen LogP contribution in [0.15, 0.2) is 46.7 Å². The Morgan fingerprint density at radius 3 is 2.59 bits per heavy atom. The molecular formula is C29H26F2N4O4S2. The lowest BCUT2D eigenvalue weighted by molar-refractivity contribution is 0.0691. The van der Waals surface area contributed by atoms with Gasteiger partial charge < -0.3 is 10.2 Å². The normalized spacial score (nSPS) is 14.0. The number of carboxylic acid groups (broad SMARTS) is 1. The highest BCUT2D eigenvalue weighted by atomic mass is 32.2. The molecule has 8 nitrogen and oxygen atoms in total. The number of hydrogen-bond acceptors (Lipinski definition) is 6. The van der Waals surface area contributed by atoms with E-state index >= 15 is 0 Å². The molecule has 0 radical (unpaired) electrons. The van der Waals surface area contributed by atoms with Crippen molar-refractivity contribution >= 4 is 28.3 Å². The van der Waals surface area contributed by atoms with Crippen molar-refractivity contribution < 1.29 is 28.0 Å².